The highest BCUT2D eigenvalue weighted by Crippen LogP contribution is 2.34. The molecule has 3 heterocycles. The maximum atomic E-state index is 13.4. The molecule has 0 unspecified atom stereocenters. The lowest BCUT2D eigenvalue weighted by atomic mass is 9.85. The van der Waals surface area contributed by atoms with Crippen LogP contribution in [0.4, 0.5) is 0 Å². The largest absolute Gasteiger partial charge is 0.378 e. The number of methoxy groups -OCH3 is 1. The Morgan fingerprint density at radius 3 is 2.68 bits per heavy atom. The number of benzene rings is 1. The van der Waals surface area contributed by atoms with E-state index in [0.29, 0.717) is 28.6 Å². The smallest absolute Gasteiger partial charge is 0.261 e. The van der Waals surface area contributed by atoms with Gasteiger partial charge in [0.25, 0.3) is 5.56 Å². The van der Waals surface area contributed by atoms with Crippen molar-refractivity contribution in [2.75, 3.05) is 7.11 Å². The maximum absolute atomic E-state index is 13.4. The first-order valence-corrected chi connectivity index (χ1v) is 11.1. The number of hydrogen-bond acceptors (Lipinski definition) is 4. The third kappa shape index (κ3) is 3.44. The fraction of sp³-hybridized carbons (Fsp3) is 0.375. The van der Waals surface area contributed by atoms with Crippen LogP contribution in [0.5, 0.6) is 0 Å². The van der Waals surface area contributed by atoms with E-state index in [-0.39, 0.29) is 11.6 Å². The minimum absolute atomic E-state index is 0.00230. The average Bonchev–Trinajstić information content (AvgIpc) is 3.14. The van der Waals surface area contributed by atoms with E-state index >= 15 is 0 Å². The van der Waals surface area contributed by atoms with Crippen LogP contribution in [0.3, 0.4) is 0 Å². The van der Waals surface area contributed by atoms with Crippen LogP contribution in [0.15, 0.2) is 47.5 Å². The second-order valence-corrected chi connectivity index (χ2v) is 8.85. The van der Waals surface area contributed by atoms with Gasteiger partial charge in [0.2, 0.25) is 0 Å². The molecule has 2 atom stereocenters. The molecule has 160 valence electrons. The molecule has 31 heavy (non-hydrogen) atoms. The summed E-state index contributed by atoms with van der Waals surface area (Å²) in [6.45, 7) is 2.59. The van der Waals surface area contributed by atoms with Gasteiger partial charge in [0.05, 0.1) is 28.8 Å². The predicted octanol–water partition coefficient (Wildman–Crippen LogP) is 5.26. The Hall–Kier alpha value is -2.70. The summed E-state index contributed by atoms with van der Waals surface area (Å²) in [5.41, 5.74) is 4.09. The van der Waals surface area contributed by atoms with Crippen LogP contribution >= 0.6 is 11.6 Å². The lowest BCUT2D eigenvalue weighted by Crippen LogP contribution is -2.30. The van der Waals surface area contributed by atoms with Crippen LogP contribution < -0.4 is 5.56 Å². The number of rotatable bonds is 4. The van der Waals surface area contributed by atoms with E-state index < -0.39 is 0 Å². The van der Waals surface area contributed by atoms with Gasteiger partial charge in [-0.05, 0) is 42.5 Å². The normalized spacial score (nSPS) is 19.3. The molecule has 1 aliphatic rings. The van der Waals surface area contributed by atoms with Crippen molar-refractivity contribution in [2.24, 2.45) is 5.92 Å². The van der Waals surface area contributed by atoms with Gasteiger partial charge < -0.3 is 9.30 Å². The van der Waals surface area contributed by atoms with E-state index in [1.165, 1.54) is 12.8 Å². The van der Waals surface area contributed by atoms with Crippen molar-refractivity contribution in [1.82, 2.24) is 19.2 Å². The van der Waals surface area contributed by atoms with Gasteiger partial charge in [-0.2, -0.15) is 5.10 Å². The zero-order valence-corrected chi connectivity index (χ0v) is 18.5. The summed E-state index contributed by atoms with van der Waals surface area (Å²) < 4.78 is 9.06. The average molecular weight is 437 g/mol. The van der Waals surface area contributed by atoms with Gasteiger partial charge in [-0.15, -0.1) is 0 Å². The molecule has 1 fully saturated rings. The van der Waals surface area contributed by atoms with Crippen molar-refractivity contribution in [3.05, 3.63) is 63.8 Å². The monoisotopic (exact) mass is 436 g/mol. The molecule has 1 aliphatic carbocycles. The van der Waals surface area contributed by atoms with E-state index in [1.54, 1.807) is 17.8 Å². The van der Waals surface area contributed by atoms with Crippen molar-refractivity contribution in [1.29, 1.82) is 0 Å². The van der Waals surface area contributed by atoms with Gasteiger partial charge in [-0.25, -0.2) is 9.50 Å². The Labute approximate surface area is 185 Å². The van der Waals surface area contributed by atoms with Gasteiger partial charge in [-0.3, -0.25) is 4.79 Å². The number of ether oxygens (including phenoxy) is 1. The zero-order chi connectivity index (χ0) is 21.5. The molecule has 1 saturated carbocycles. The molecule has 4 aromatic rings. The van der Waals surface area contributed by atoms with Crippen LogP contribution in [-0.2, 0) is 11.3 Å². The predicted molar refractivity (Wildman–Crippen MR) is 123 cm³/mol. The van der Waals surface area contributed by atoms with E-state index in [4.69, 9.17) is 21.4 Å². The third-order valence-corrected chi connectivity index (χ3v) is 6.70. The number of fused-ring (bicyclic) bond motifs is 3. The fourth-order valence-electron chi connectivity index (χ4n) is 4.85. The molecule has 0 bridgehead atoms. The summed E-state index contributed by atoms with van der Waals surface area (Å²) in [6.07, 6.45) is 8.23. The Bertz CT molecular complexity index is 1310. The molecule has 0 aliphatic heterocycles. The highest BCUT2D eigenvalue weighted by molar-refractivity contribution is 6.30. The first kappa shape index (κ1) is 20.2. The van der Waals surface area contributed by atoms with Gasteiger partial charge in [-0.1, -0.05) is 43.5 Å². The van der Waals surface area contributed by atoms with Crippen molar-refractivity contribution in [2.45, 2.75) is 45.3 Å². The Morgan fingerprint density at radius 2 is 1.94 bits per heavy atom. The molecule has 0 N–H and O–H groups in total. The summed E-state index contributed by atoms with van der Waals surface area (Å²) in [7, 11) is 1.64. The van der Waals surface area contributed by atoms with Gasteiger partial charge >= 0.3 is 0 Å². The summed E-state index contributed by atoms with van der Waals surface area (Å²) >= 11 is 6.08. The summed E-state index contributed by atoms with van der Waals surface area (Å²) in [6, 6.07) is 9.83. The second kappa shape index (κ2) is 8.09. The van der Waals surface area contributed by atoms with Crippen molar-refractivity contribution in [3.63, 3.8) is 0 Å². The van der Waals surface area contributed by atoms with Crippen LogP contribution in [0.2, 0.25) is 5.02 Å². The number of aromatic nitrogens is 4. The van der Waals surface area contributed by atoms with Crippen molar-refractivity contribution in [3.8, 4) is 11.1 Å². The standard InChI is InChI=1S/C24H25ClN4O2/c1-15-5-3-4-6-20(15)28-12-11-21-18(24(28)30)13-26-23-22(16-7-9-17(25)10-8-16)19(14-31-2)27-29(21)23/h7-13,15,20H,3-6,14H2,1-2H3/t15-,20-/m0/s1. The molecule has 7 heteroatoms. The first-order valence-electron chi connectivity index (χ1n) is 10.7. The molecule has 0 spiro atoms. The lowest BCUT2D eigenvalue weighted by molar-refractivity contribution is 0.181. The number of hydrogen-bond donors (Lipinski definition) is 0. The minimum Gasteiger partial charge on any atom is -0.378 e. The first-order chi connectivity index (χ1) is 15.1. The lowest BCUT2D eigenvalue weighted by Gasteiger charge is -2.30. The SMILES string of the molecule is COCc1nn2c(ncc3c(=O)n([C@H]4CCCC[C@@H]4C)ccc32)c1-c1ccc(Cl)cc1. The van der Waals surface area contributed by atoms with Crippen molar-refractivity contribution >= 4 is 28.2 Å². The summed E-state index contributed by atoms with van der Waals surface area (Å²) in [5.74, 6) is 0.495. The molecule has 1 aromatic carbocycles. The van der Waals surface area contributed by atoms with Gasteiger partial charge in [0.15, 0.2) is 5.65 Å². The topological polar surface area (TPSA) is 61.4 Å². The van der Waals surface area contributed by atoms with Crippen LogP contribution in [0.25, 0.3) is 27.7 Å². The third-order valence-electron chi connectivity index (χ3n) is 6.45. The highest BCUT2D eigenvalue weighted by atomic mass is 35.5. The molecular weight excluding hydrogens is 412 g/mol. The summed E-state index contributed by atoms with van der Waals surface area (Å²) in [4.78, 5) is 18.1. The Balaban J connectivity index is 1.71. The molecule has 0 saturated heterocycles. The molecular formula is C24H25ClN4O2. The molecule has 6 nitrogen and oxygen atoms in total. The van der Waals surface area contributed by atoms with Crippen LogP contribution in [-0.4, -0.2) is 26.3 Å². The van der Waals surface area contributed by atoms with E-state index in [2.05, 4.69) is 11.9 Å². The minimum atomic E-state index is 0.00230. The fourth-order valence-corrected chi connectivity index (χ4v) is 4.98. The molecule has 5 rings (SSSR count). The van der Waals surface area contributed by atoms with Crippen LogP contribution in [0.1, 0.15) is 44.3 Å². The zero-order valence-electron chi connectivity index (χ0n) is 17.7. The van der Waals surface area contributed by atoms with Gasteiger partial charge in [0.1, 0.15) is 0 Å². The molecule has 0 radical (unpaired) electrons. The Kier molecular flexibility index (Phi) is 5.28. The highest BCUT2D eigenvalue weighted by Gasteiger charge is 2.25. The van der Waals surface area contributed by atoms with E-state index in [0.717, 1.165) is 35.2 Å². The quantitative estimate of drug-likeness (QED) is 0.437. The van der Waals surface area contributed by atoms with E-state index in [9.17, 15) is 4.79 Å². The maximum Gasteiger partial charge on any atom is 0.261 e. The van der Waals surface area contributed by atoms with Crippen LogP contribution in [0, 0.1) is 5.92 Å². The van der Waals surface area contributed by atoms with E-state index in [1.807, 2.05) is 41.1 Å². The number of halogens is 1. The second-order valence-electron chi connectivity index (χ2n) is 8.41. The van der Waals surface area contributed by atoms with Gasteiger partial charge in [0, 0.05) is 30.6 Å². The molecule has 0 amide bonds. The molecule has 3 aromatic heterocycles. The summed E-state index contributed by atoms with van der Waals surface area (Å²) in [5, 5.41) is 6.03. The number of nitrogens with zero attached hydrogens (tertiary/aromatic N) is 4. The Morgan fingerprint density at radius 1 is 1.16 bits per heavy atom. The van der Waals surface area contributed by atoms with Crippen molar-refractivity contribution < 1.29 is 4.74 Å². The number of pyridine rings is 1.